The largest absolute Gasteiger partial charge is 0.507 e. The SMILES string of the molecule is C=CCC[Si](OC(C)OC)(OC(C)OC)OC(C)OC. The van der Waals surface area contributed by atoms with Crippen molar-refractivity contribution in [3.63, 3.8) is 0 Å². The molecule has 0 aliphatic heterocycles. The predicted octanol–water partition coefficient (Wildman–Crippen LogP) is 2.53. The fourth-order valence-corrected chi connectivity index (χ4v) is 4.33. The lowest BCUT2D eigenvalue weighted by molar-refractivity contribution is -0.163. The first-order chi connectivity index (χ1) is 9.42. The highest BCUT2D eigenvalue weighted by Gasteiger charge is 2.45. The predicted molar refractivity (Wildman–Crippen MR) is 78.0 cm³/mol. The summed E-state index contributed by atoms with van der Waals surface area (Å²) < 4.78 is 33.2. The minimum Gasteiger partial charge on any atom is -0.357 e. The number of ether oxygens (including phenoxy) is 3. The van der Waals surface area contributed by atoms with Crippen molar-refractivity contribution < 1.29 is 27.5 Å². The van der Waals surface area contributed by atoms with Crippen LogP contribution in [0.15, 0.2) is 12.7 Å². The number of rotatable bonds is 12. The summed E-state index contributed by atoms with van der Waals surface area (Å²) in [6.07, 6.45) is 1.17. The highest BCUT2D eigenvalue weighted by Crippen LogP contribution is 2.24. The Hall–Kier alpha value is -0.283. The fourth-order valence-electron chi connectivity index (χ4n) is 1.44. The van der Waals surface area contributed by atoms with Gasteiger partial charge in [-0.2, -0.15) is 0 Å². The van der Waals surface area contributed by atoms with E-state index in [9.17, 15) is 0 Å². The number of hydrogen-bond donors (Lipinski definition) is 0. The molecule has 3 unspecified atom stereocenters. The van der Waals surface area contributed by atoms with Crippen molar-refractivity contribution in [1.82, 2.24) is 0 Å². The molecule has 0 aromatic rings. The Bertz CT molecular complexity index is 232. The van der Waals surface area contributed by atoms with Crippen molar-refractivity contribution in [2.24, 2.45) is 0 Å². The van der Waals surface area contributed by atoms with Crippen molar-refractivity contribution >= 4 is 8.80 Å². The molecule has 0 saturated heterocycles. The van der Waals surface area contributed by atoms with E-state index in [1.54, 1.807) is 48.2 Å². The first-order valence-electron chi connectivity index (χ1n) is 6.65. The first-order valence-corrected chi connectivity index (χ1v) is 8.59. The van der Waals surface area contributed by atoms with Gasteiger partial charge in [-0.1, -0.05) is 6.08 Å². The zero-order chi connectivity index (χ0) is 15.6. The summed E-state index contributed by atoms with van der Waals surface area (Å²) >= 11 is 0. The standard InChI is InChI=1S/C13H28O6Si/c1-8-9-10-20(17-11(2)14-5,18-12(3)15-6)19-13(4)16-7/h8,11-13H,1,9-10H2,2-7H3. The minimum absolute atomic E-state index is 0.445. The summed E-state index contributed by atoms with van der Waals surface area (Å²) in [6.45, 7) is 9.09. The molecule has 120 valence electrons. The molecular weight excluding hydrogens is 280 g/mol. The molecule has 0 N–H and O–H groups in total. The van der Waals surface area contributed by atoms with Crippen LogP contribution in [0.25, 0.3) is 0 Å². The summed E-state index contributed by atoms with van der Waals surface area (Å²) in [5.74, 6) is 0. The van der Waals surface area contributed by atoms with E-state index in [1.807, 2.05) is 0 Å². The zero-order valence-electron chi connectivity index (χ0n) is 13.4. The molecule has 3 atom stereocenters. The molecule has 7 heteroatoms. The number of hydrogen-bond acceptors (Lipinski definition) is 6. The van der Waals surface area contributed by atoms with Crippen molar-refractivity contribution in [1.29, 1.82) is 0 Å². The Morgan fingerprint density at radius 2 is 1.20 bits per heavy atom. The lowest BCUT2D eigenvalue weighted by atomic mass is 10.5. The molecule has 0 saturated carbocycles. The normalized spacial score (nSPS) is 19.1. The topological polar surface area (TPSA) is 55.4 Å². The first kappa shape index (κ1) is 19.7. The van der Waals surface area contributed by atoms with E-state index < -0.39 is 27.7 Å². The van der Waals surface area contributed by atoms with Gasteiger partial charge in [0.2, 0.25) is 0 Å². The Labute approximate surface area is 123 Å². The summed E-state index contributed by atoms with van der Waals surface area (Å²) in [5.41, 5.74) is 0. The smallest absolute Gasteiger partial charge is 0.357 e. The second-order valence-electron chi connectivity index (χ2n) is 4.27. The lowest BCUT2D eigenvalue weighted by Crippen LogP contribution is -2.52. The van der Waals surface area contributed by atoms with Gasteiger partial charge in [-0.15, -0.1) is 6.58 Å². The maximum absolute atomic E-state index is 5.90. The van der Waals surface area contributed by atoms with E-state index >= 15 is 0 Å². The quantitative estimate of drug-likeness (QED) is 0.314. The van der Waals surface area contributed by atoms with Crippen molar-refractivity contribution in [2.45, 2.75) is 52.1 Å². The molecule has 0 aliphatic carbocycles. The summed E-state index contributed by atoms with van der Waals surface area (Å²) in [7, 11) is 1.68. The molecular formula is C13H28O6Si. The number of allylic oxidation sites excluding steroid dienone is 1. The van der Waals surface area contributed by atoms with Crippen LogP contribution in [0.5, 0.6) is 0 Å². The Morgan fingerprint density at radius 1 is 0.850 bits per heavy atom. The van der Waals surface area contributed by atoms with Gasteiger partial charge in [0, 0.05) is 27.4 Å². The third-order valence-corrected chi connectivity index (χ3v) is 5.66. The number of methoxy groups -OCH3 is 3. The van der Waals surface area contributed by atoms with Crippen LogP contribution < -0.4 is 0 Å². The highest BCUT2D eigenvalue weighted by atomic mass is 28.4. The van der Waals surface area contributed by atoms with E-state index in [1.165, 1.54) is 0 Å². The van der Waals surface area contributed by atoms with Crippen LogP contribution in [0, 0.1) is 0 Å². The average molecular weight is 308 g/mol. The molecule has 0 amide bonds. The van der Waals surface area contributed by atoms with Gasteiger partial charge in [-0.25, -0.2) is 0 Å². The van der Waals surface area contributed by atoms with Gasteiger partial charge in [0.15, 0.2) is 0 Å². The van der Waals surface area contributed by atoms with Crippen LogP contribution >= 0.6 is 0 Å². The van der Waals surface area contributed by atoms with Gasteiger partial charge in [-0.3, -0.25) is 0 Å². The maximum Gasteiger partial charge on any atom is 0.507 e. The molecule has 20 heavy (non-hydrogen) atoms. The summed E-state index contributed by atoms with van der Waals surface area (Å²) in [6, 6.07) is 0.575. The molecule has 0 rings (SSSR count). The van der Waals surface area contributed by atoms with Crippen LogP contribution in [-0.4, -0.2) is 49.0 Å². The third-order valence-electron chi connectivity index (χ3n) is 2.69. The van der Waals surface area contributed by atoms with Gasteiger partial charge in [-0.05, 0) is 27.2 Å². The highest BCUT2D eigenvalue weighted by molar-refractivity contribution is 6.60. The third kappa shape index (κ3) is 7.49. The van der Waals surface area contributed by atoms with Gasteiger partial charge >= 0.3 is 8.80 Å². The van der Waals surface area contributed by atoms with Gasteiger partial charge in [0.05, 0.1) is 0 Å². The van der Waals surface area contributed by atoms with E-state index in [0.717, 1.165) is 0 Å². The monoisotopic (exact) mass is 308 g/mol. The van der Waals surface area contributed by atoms with E-state index in [0.29, 0.717) is 12.5 Å². The van der Waals surface area contributed by atoms with Crippen LogP contribution in [-0.2, 0) is 27.5 Å². The lowest BCUT2D eigenvalue weighted by Gasteiger charge is -2.35. The van der Waals surface area contributed by atoms with E-state index in [2.05, 4.69) is 6.58 Å². The molecule has 0 aromatic heterocycles. The molecule has 0 spiro atoms. The molecule has 0 aliphatic rings. The van der Waals surface area contributed by atoms with Crippen LogP contribution in [0.4, 0.5) is 0 Å². The van der Waals surface area contributed by atoms with Gasteiger partial charge < -0.3 is 27.5 Å². The molecule has 6 nitrogen and oxygen atoms in total. The van der Waals surface area contributed by atoms with Crippen LogP contribution in [0.1, 0.15) is 27.2 Å². The summed E-state index contributed by atoms with van der Waals surface area (Å²) in [5, 5.41) is 0. The second kappa shape index (κ2) is 10.4. The second-order valence-corrected chi connectivity index (χ2v) is 6.85. The van der Waals surface area contributed by atoms with E-state index in [4.69, 9.17) is 27.5 Å². The van der Waals surface area contributed by atoms with Crippen molar-refractivity contribution in [3.8, 4) is 0 Å². The zero-order valence-corrected chi connectivity index (χ0v) is 14.4. The Kier molecular flexibility index (Phi) is 10.3. The Balaban J connectivity index is 5.07. The molecule has 0 aromatic carbocycles. The minimum atomic E-state index is -3.01. The molecule has 0 radical (unpaired) electrons. The maximum atomic E-state index is 5.90. The van der Waals surface area contributed by atoms with Gasteiger partial charge in [0.1, 0.15) is 18.9 Å². The van der Waals surface area contributed by atoms with Crippen molar-refractivity contribution in [2.75, 3.05) is 21.3 Å². The Morgan fingerprint density at radius 3 is 1.45 bits per heavy atom. The molecule has 0 fully saturated rings. The van der Waals surface area contributed by atoms with Crippen LogP contribution in [0.2, 0.25) is 6.04 Å². The van der Waals surface area contributed by atoms with Crippen molar-refractivity contribution in [3.05, 3.63) is 12.7 Å². The fraction of sp³-hybridized carbons (Fsp3) is 0.846. The van der Waals surface area contributed by atoms with Gasteiger partial charge in [0.25, 0.3) is 0 Å². The summed E-state index contributed by atoms with van der Waals surface area (Å²) in [4.78, 5) is 0. The molecule has 0 bridgehead atoms. The molecule has 0 heterocycles. The van der Waals surface area contributed by atoms with Crippen LogP contribution in [0.3, 0.4) is 0 Å². The van der Waals surface area contributed by atoms with E-state index in [-0.39, 0.29) is 0 Å². The average Bonchev–Trinajstić information content (AvgIpc) is 2.44.